The first-order valence-electron chi connectivity index (χ1n) is 2.74. The highest BCUT2D eigenvalue weighted by Crippen LogP contribution is 1.98. The van der Waals surface area contributed by atoms with Gasteiger partial charge in [-0.1, -0.05) is 13.5 Å². The van der Waals surface area contributed by atoms with Crippen LogP contribution in [0.15, 0.2) is 12.2 Å². The van der Waals surface area contributed by atoms with E-state index < -0.39 is 5.91 Å². The van der Waals surface area contributed by atoms with Gasteiger partial charge in [-0.2, -0.15) is 0 Å². The van der Waals surface area contributed by atoms with Crippen molar-refractivity contribution in [1.82, 2.24) is 5.06 Å². The van der Waals surface area contributed by atoms with E-state index in [0.717, 1.165) is 0 Å². The van der Waals surface area contributed by atoms with E-state index in [1.807, 2.05) is 6.92 Å². The lowest BCUT2D eigenvalue weighted by molar-refractivity contribution is -0.154. The summed E-state index contributed by atoms with van der Waals surface area (Å²) in [6.45, 7) is 5.25. The van der Waals surface area contributed by atoms with Crippen molar-refractivity contribution in [2.45, 2.75) is 13.3 Å². The van der Waals surface area contributed by atoms with Crippen LogP contribution in [0.4, 0.5) is 0 Å². The average molecular weight is 129 g/mol. The lowest BCUT2D eigenvalue weighted by Crippen LogP contribution is -2.23. The molecule has 0 spiro atoms. The van der Waals surface area contributed by atoms with Crippen LogP contribution < -0.4 is 0 Å². The molecule has 0 aliphatic rings. The van der Waals surface area contributed by atoms with Crippen LogP contribution in [-0.2, 0) is 4.79 Å². The summed E-state index contributed by atoms with van der Waals surface area (Å²) in [5.74, 6) is -0.419. The Morgan fingerprint density at radius 2 is 2.22 bits per heavy atom. The normalized spacial score (nSPS) is 8.78. The summed E-state index contributed by atoms with van der Waals surface area (Å²) in [4.78, 5) is 10.7. The molecule has 1 amide bonds. The topological polar surface area (TPSA) is 40.5 Å². The standard InChI is InChI=1S/C6H11NO2/c1-4-5(2)6(8)7(3)9/h9H,2,4H2,1,3H3. The number of rotatable bonds is 2. The molecule has 0 aromatic heterocycles. The fourth-order valence-corrected chi connectivity index (χ4v) is 0.380. The van der Waals surface area contributed by atoms with Crippen molar-refractivity contribution in [2.24, 2.45) is 0 Å². The minimum Gasteiger partial charge on any atom is -0.286 e. The van der Waals surface area contributed by atoms with Gasteiger partial charge in [-0.05, 0) is 6.42 Å². The van der Waals surface area contributed by atoms with Crippen molar-refractivity contribution in [1.29, 1.82) is 0 Å². The number of hydrogen-bond acceptors (Lipinski definition) is 2. The number of hydrogen-bond donors (Lipinski definition) is 1. The first-order valence-corrected chi connectivity index (χ1v) is 2.74. The second-order valence-electron chi connectivity index (χ2n) is 1.79. The zero-order valence-electron chi connectivity index (χ0n) is 5.72. The van der Waals surface area contributed by atoms with Crippen LogP contribution in [0.2, 0.25) is 0 Å². The fraction of sp³-hybridized carbons (Fsp3) is 0.500. The number of nitrogens with zero attached hydrogens (tertiary/aromatic N) is 1. The van der Waals surface area contributed by atoms with Crippen molar-refractivity contribution < 1.29 is 10.0 Å². The van der Waals surface area contributed by atoms with Crippen molar-refractivity contribution in [2.75, 3.05) is 7.05 Å². The monoisotopic (exact) mass is 129 g/mol. The van der Waals surface area contributed by atoms with Gasteiger partial charge in [0.25, 0.3) is 5.91 Å². The van der Waals surface area contributed by atoms with E-state index in [1.165, 1.54) is 7.05 Å². The van der Waals surface area contributed by atoms with Gasteiger partial charge in [0.05, 0.1) is 0 Å². The summed E-state index contributed by atoms with van der Waals surface area (Å²) in [7, 11) is 1.28. The zero-order chi connectivity index (χ0) is 7.44. The number of amides is 1. The largest absolute Gasteiger partial charge is 0.286 e. The molecule has 0 bridgehead atoms. The van der Waals surface area contributed by atoms with E-state index in [4.69, 9.17) is 5.21 Å². The van der Waals surface area contributed by atoms with Crippen molar-refractivity contribution in [3.05, 3.63) is 12.2 Å². The van der Waals surface area contributed by atoms with E-state index in [1.54, 1.807) is 0 Å². The molecular weight excluding hydrogens is 118 g/mol. The second-order valence-corrected chi connectivity index (χ2v) is 1.79. The maximum atomic E-state index is 10.7. The average Bonchev–Trinajstić information content (AvgIpc) is 1.84. The molecule has 0 atom stereocenters. The molecule has 0 aliphatic heterocycles. The summed E-state index contributed by atoms with van der Waals surface area (Å²) in [5, 5.41) is 9.08. The molecule has 0 heterocycles. The Labute approximate surface area is 54.5 Å². The Bertz CT molecular complexity index is 129. The van der Waals surface area contributed by atoms with Crippen LogP contribution >= 0.6 is 0 Å². The third-order valence-electron chi connectivity index (χ3n) is 1.02. The number of likely N-dealkylation sites (N-methyl/N-ethyl adjacent to an activating group) is 1. The van der Waals surface area contributed by atoms with Crippen molar-refractivity contribution >= 4 is 5.91 Å². The van der Waals surface area contributed by atoms with Crippen LogP contribution in [0.3, 0.4) is 0 Å². The first kappa shape index (κ1) is 8.17. The molecule has 9 heavy (non-hydrogen) atoms. The Hall–Kier alpha value is -0.830. The summed E-state index contributed by atoms with van der Waals surface area (Å²) in [5.41, 5.74) is 0.417. The minimum absolute atomic E-state index is 0.417. The van der Waals surface area contributed by atoms with Gasteiger partial charge in [0, 0.05) is 12.6 Å². The molecule has 0 rings (SSSR count). The van der Waals surface area contributed by atoms with Gasteiger partial charge in [-0.15, -0.1) is 0 Å². The van der Waals surface area contributed by atoms with Gasteiger partial charge in [0.2, 0.25) is 0 Å². The third kappa shape index (κ3) is 2.28. The van der Waals surface area contributed by atoms with Crippen LogP contribution in [0.1, 0.15) is 13.3 Å². The van der Waals surface area contributed by atoms with Crippen LogP contribution in [-0.4, -0.2) is 23.2 Å². The summed E-state index contributed by atoms with van der Waals surface area (Å²) >= 11 is 0. The van der Waals surface area contributed by atoms with E-state index in [0.29, 0.717) is 17.1 Å². The zero-order valence-corrected chi connectivity index (χ0v) is 5.72. The molecule has 0 radical (unpaired) electrons. The lowest BCUT2D eigenvalue weighted by Gasteiger charge is -2.07. The molecule has 1 N–H and O–H groups in total. The van der Waals surface area contributed by atoms with Crippen LogP contribution in [0.5, 0.6) is 0 Å². The van der Waals surface area contributed by atoms with E-state index in [-0.39, 0.29) is 0 Å². The van der Waals surface area contributed by atoms with E-state index in [2.05, 4.69) is 6.58 Å². The molecule has 0 aliphatic carbocycles. The SMILES string of the molecule is C=C(CC)C(=O)N(C)O. The molecule has 0 unspecified atom stereocenters. The maximum Gasteiger partial charge on any atom is 0.272 e. The number of carbonyl (C=O) groups excluding carboxylic acids is 1. The second kappa shape index (κ2) is 3.25. The van der Waals surface area contributed by atoms with Gasteiger partial charge in [0.15, 0.2) is 0 Å². The van der Waals surface area contributed by atoms with Gasteiger partial charge in [0.1, 0.15) is 0 Å². The highest BCUT2D eigenvalue weighted by Gasteiger charge is 2.06. The maximum absolute atomic E-state index is 10.7. The molecule has 0 saturated carbocycles. The Balaban J connectivity index is 3.89. The Morgan fingerprint density at radius 3 is 2.33 bits per heavy atom. The molecular formula is C6H11NO2. The van der Waals surface area contributed by atoms with Crippen molar-refractivity contribution in [3.63, 3.8) is 0 Å². The summed E-state index contributed by atoms with van der Waals surface area (Å²) in [6, 6.07) is 0. The molecule has 0 saturated heterocycles. The molecule has 52 valence electrons. The van der Waals surface area contributed by atoms with Crippen molar-refractivity contribution in [3.8, 4) is 0 Å². The summed E-state index contributed by atoms with van der Waals surface area (Å²) in [6.07, 6.45) is 0.573. The Kier molecular flexibility index (Phi) is 2.95. The van der Waals surface area contributed by atoms with E-state index >= 15 is 0 Å². The predicted octanol–water partition coefficient (Wildman–Crippen LogP) is 0.800. The van der Waals surface area contributed by atoms with Gasteiger partial charge >= 0.3 is 0 Å². The highest BCUT2D eigenvalue weighted by atomic mass is 16.5. The van der Waals surface area contributed by atoms with Crippen LogP contribution in [0.25, 0.3) is 0 Å². The minimum atomic E-state index is -0.419. The Morgan fingerprint density at radius 1 is 1.78 bits per heavy atom. The van der Waals surface area contributed by atoms with Gasteiger partial charge in [-0.25, -0.2) is 5.06 Å². The van der Waals surface area contributed by atoms with Gasteiger partial charge < -0.3 is 0 Å². The number of hydroxylamine groups is 2. The summed E-state index contributed by atoms with van der Waals surface area (Å²) < 4.78 is 0. The fourth-order valence-electron chi connectivity index (χ4n) is 0.380. The quantitative estimate of drug-likeness (QED) is 0.340. The predicted molar refractivity (Wildman–Crippen MR) is 34.0 cm³/mol. The molecule has 0 aromatic rings. The third-order valence-corrected chi connectivity index (χ3v) is 1.02. The smallest absolute Gasteiger partial charge is 0.272 e. The molecule has 0 aromatic carbocycles. The highest BCUT2D eigenvalue weighted by molar-refractivity contribution is 5.91. The number of carbonyl (C=O) groups is 1. The van der Waals surface area contributed by atoms with Crippen LogP contribution in [0, 0.1) is 0 Å². The van der Waals surface area contributed by atoms with Gasteiger partial charge in [-0.3, -0.25) is 10.0 Å². The van der Waals surface area contributed by atoms with E-state index in [9.17, 15) is 4.79 Å². The first-order chi connectivity index (χ1) is 4.09. The lowest BCUT2D eigenvalue weighted by atomic mass is 10.2. The molecule has 3 nitrogen and oxygen atoms in total. The molecule has 0 fully saturated rings. The molecule has 3 heteroatoms.